The van der Waals surface area contributed by atoms with E-state index >= 15 is 0 Å². The van der Waals surface area contributed by atoms with Crippen LogP contribution in [0.3, 0.4) is 0 Å². The summed E-state index contributed by atoms with van der Waals surface area (Å²) in [5, 5.41) is 22.6. The van der Waals surface area contributed by atoms with Crippen molar-refractivity contribution in [2.45, 2.75) is 87.5 Å². The van der Waals surface area contributed by atoms with E-state index in [4.69, 9.17) is 42.6 Å². The lowest BCUT2D eigenvalue weighted by Crippen LogP contribution is -2.67. The maximum absolute atomic E-state index is 12.0. The van der Waals surface area contributed by atoms with Gasteiger partial charge < -0.3 is 52.8 Å². The molecule has 4 aromatic carbocycles. The van der Waals surface area contributed by atoms with E-state index in [0.29, 0.717) is 0 Å². The predicted octanol–water partition coefficient (Wildman–Crippen LogP) is 5.25. The Labute approximate surface area is 315 Å². The van der Waals surface area contributed by atoms with E-state index in [1.165, 1.54) is 0 Å². The van der Waals surface area contributed by atoms with Crippen molar-refractivity contribution in [1.82, 2.24) is 0 Å². The van der Waals surface area contributed by atoms with Gasteiger partial charge in [-0.3, -0.25) is 0 Å². The van der Waals surface area contributed by atoms with Crippen LogP contribution in [0.15, 0.2) is 134 Å². The van der Waals surface area contributed by atoms with Crippen molar-refractivity contribution >= 4 is 0 Å². The lowest BCUT2D eigenvalue weighted by Gasteiger charge is -2.51. The Balaban J connectivity index is 1.21. The van der Waals surface area contributed by atoms with Crippen LogP contribution in [0.1, 0.15) is 28.5 Å². The minimum atomic E-state index is -1.26. The molecule has 0 aromatic heterocycles. The van der Waals surface area contributed by atoms with Gasteiger partial charge in [-0.25, -0.2) is 0 Å². The van der Waals surface area contributed by atoms with Crippen LogP contribution in [0.5, 0.6) is 0 Å². The number of aliphatic hydroxyl groups is 2. The summed E-state index contributed by atoms with van der Waals surface area (Å²) in [4.78, 5) is 0. The summed E-state index contributed by atoms with van der Waals surface area (Å²) in [6.45, 7) is 4.30. The molecule has 11 nitrogen and oxygen atoms in total. The molecule has 286 valence electrons. The molecule has 54 heavy (non-hydrogen) atoms. The molecule has 3 saturated heterocycles. The summed E-state index contributed by atoms with van der Waals surface area (Å²) >= 11 is 0. The molecule has 3 heterocycles. The Hall–Kier alpha value is -3.82. The fraction of sp³-hybridized carbons (Fsp3) is 0.395. The summed E-state index contributed by atoms with van der Waals surface area (Å²) < 4.78 is 58.2. The highest BCUT2D eigenvalue weighted by molar-refractivity contribution is 5.18. The van der Waals surface area contributed by atoms with Gasteiger partial charge in [0.1, 0.15) is 48.8 Å². The quantitative estimate of drug-likeness (QED) is 0.147. The van der Waals surface area contributed by atoms with E-state index in [2.05, 4.69) is 6.58 Å². The Kier molecular flexibility index (Phi) is 13.6. The average molecular weight is 741 g/mol. The summed E-state index contributed by atoms with van der Waals surface area (Å²) in [5.41, 5.74) is 3.56. The highest BCUT2D eigenvalue weighted by Gasteiger charge is 2.55. The first-order chi connectivity index (χ1) is 26.6. The van der Waals surface area contributed by atoms with Gasteiger partial charge in [0, 0.05) is 5.56 Å². The topological polar surface area (TPSA) is 124 Å². The molecular weight excluding hydrogens is 692 g/mol. The molecule has 0 amide bonds. The second kappa shape index (κ2) is 19.2. The summed E-state index contributed by atoms with van der Waals surface area (Å²) in [6.07, 6.45) is -8.49. The number of rotatable bonds is 16. The smallest absolute Gasteiger partial charge is 0.187 e. The summed E-state index contributed by atoms with van der Waals surface area (Å²) in [5.74, 6) is 0. The highest BCUT2D eigenvalue weighted by Crippen LogP contribution is 2.39. The van der Waals surface area contributed by atoms with Crippen molar-refractivity contribution in [3.63, 3.8) is 0 Å². The monoisotopic (exact) mass is 740 g/mol. The Morgan fingerprint density at radius 3 is 1.70 bits per heavy atom. The molecule has 11 heteroatoms. The zero-order valence-electron chi connectivity index (χ0n) is 30.0. The molecule has 0 aliphatic carbocycles. The number of aliphatic hydroxyl groups excluding tert-OH is 2. The van der Waals surface area contributed by atoms with Gasteiger partial charge in [-0.15, -0.1) is 6.58 Å². The fourth-order valence-electron chi connectivity index (χ4n) is 6.94. The van der Waals surface area contributed by atoms with Gasteiger partial charge in [-0.1, -0.05) is 127 Å². The number of ether oxygens (including phenoxy) is 9. The van der Waals surface area contributed by atoms with Crippen LogP contribution < -0.4 is 0 Å². The standard InChI is InChI=1S/C43H48O11/c1-2-23-46-42-40(49-27-31-19-11-5-12-20-31)39(37-34(52-42)28-50-41(53-37)32-21-13-6-14-22-32)54-43-38(48-26-30-17-9-4-10-18-30)35(45)36(33(24-44)51-43)47-25-29-15-7-3-8-16-29/h2-22,33-45H,1,23-28H2/t33-,34-,35+,36+,37+,38-,39+,40-,41?,42-,43-/m1/s1. The minimum Gasteiger partial charge on any atom is -0.394 e. The van der Waals surface area contributed by atoms with Gasteiger partial charge in [0.15, 0.2) is 18.9 Å². The zero-order valence-corrected chi connectivity index (χ0v) is 30.0. The number of fused-ring (bicyclic) bond motifs is 1. The second-order valence-corrected chi connectivity index (χ2v) is 13.4. The molecule has 4 aromatic rings. The highest BCUT2D eigenvalue weighted by atomic mass is 16.8. The van der Waals surface area contributed by atoms with E-state index in [9.17, 15) is 10.2 Å². The SMILES string of the molecule is C=CCO[C@@H]1O[C@@H]2COC(c3ccccc3)O[C@@H]2[C@H](O[C@H]2O[C@H](CO)[C@H](OCc3ccccc3)[C@H](O)[C@H]2OCc2ccccc2)[C@H]1OCc1ccccc1. The van der Waals surface area contributed by atoms with Gasteiger partial charge in [0.05, 0.1) is 39.6 Å². The van der Waals surface area contributed by atoms with Gasteiger partial charge in [-0.2, -0.15) is 0 Å². The molecular formula is C43H48O11. The van der Waals surface area contributed by atoms with E-state index in [0.717, 1.165) is 22.3 Å². The zero-order chi connectivity index (χ0) is 37.1. The van der Waals surface area contributed by atoms with Crippen molar-refractivity contribution in [1.29, 1.82) is 0 Å². The normalized spacial score (nSPS) is 31.0. The third-order valence-electron chi connectivity index (χ3n) is 9.68. The first-order valence-corrected chi connectivity index (χ1v) is 18.4. The molecule has 3 fully saturated rings. The largest absolute Gasteiger partial charge is 0.394 e. The molecule has 1 unspecified atom stereocenters. The summed E-state index contributed by atoms with van der Waals surface area (Å²) in [6, 6.07) is 38.6. The Morgan fingerprint density at radius 2 is 1.15 bits per heavy atom. The van der Waals surface area contributed by atoms with Gasteiger partial charge >= 0.3 is 0 Å². The number of hydrogen-bond donors (Lipinski definition) is 2. The third-order valence-corrected chi connectivity index (χ3v) is 9.68. The predicted molar refractivity (Wildman–Crippen MR) is 197 cm³/mol. The second-order valence-electron chi connectivity index (χ2n) is 13.4. The molecule has 2 N–H and O–H groups in total. The lowest BCUT2D eigenvalue weighted by molar-refractivity contribution is -0.399. The number of benzene rings is 4. The molecule has 11 atom stereocenters. The van der Waals surface area contributed by atoms with E-state index < -0.39 is 74.3 Å². The first-order valence-electron chi connectivity index (χ1n) is 18.4. The Morgan fingerprint density at radius 1 is 0.611 bits per heavy atom. The van der Waals surface area contributed by atoms with Crippen LogP contribution in [0.2, 0.25) is 0 Å². The third kappa shape index (κ3) is 9.51. The van der Waals surface area contributed by atoms with Crippen LogP contribution in [-0.2, 0) is 62.5 Å². The van der Waals surface area contributed by atoms with Crippen LogP contribution in [-0.4, -0.2) is 91.4 Å². The van der Waals surface area contributed by atoms with Crippen LogP contribution in [0.4, 0.5) is 0 Å². The van der Waals surface area contributed by atoms with Gasteiger partial charge in [-0.05, 0) is 16.7 Å². The van der Waals surface area contributed by atoms with Crippen LogP contribution in [0.25, 0.3) is 0 Å². The van der Waals surface area contributed by atoms with Crippen molar-refractivity contribution in [3.8, 4) is 0 Å². The molecule has 3 aliphatic rings. The van der Waals surface area contributed by atoms with Crippen molar-refractivity contribution in [2.75, 3.05) is 19.8 Å². The molecule has 7 rings (SSSR count). The van der Waals surface area contributed by atoms with Crippen molar-refractivity contribution < 1.29 is 52.8 Å². The van der Waals surface area contributed by atoms with E-state index in [-0.39, 0.29) is 33.0 Å². The van der Waals surface area contributed by atoms with E-state index in [1.807, 2.05) is 121 Å². The maximum atomic E-state index is 12.0. The molecule has 0 bridgehead atoms. The lowest BCUT2D eigenvalue weighted by atomic mass is 9.95. The molecule has 0 saturated carbocycles. The fourth-order valence-corrected chi connectivity index (χ4v) is 6.94. The van der Waals surface area contributed by atoms with Crippen molar-refractivity contribution in [2.24, 2.45) is 0 Å². The first kappa shape index (κ1) is 38.5. The van der Waals surface area contributed by atoms with Gasteiger partial charge in [0.2, 0.25) is 0 Å². The Bertz CT molecular complexity index is 1680. The number of hydrogen-bond acceptors (Lipinski definition) is 11. The molecule has 0 spiro atoms. The van der Waals surface area contributed by atoms with E-state index in [1.54, 1.807) is 6.08 Å². The van der Waals surface area contributed by atoms with Crippen LogP contribution >= 0.6 is 0 Å². The minimum absolute atomic E-state index is 0.153. The molecule has 3 aliphatic heterocycles. The average Bonchev–Trinajstić information content (AvgIpc) is 3.23. The maximum Gasteiger partial charge on any atom is 0.187 e. The van der Waals surface area contributed by atoms with Gasteiger partial charge in [0.25, 0.3) is 0 Å². The summed E-state index contributed by atoms with van der Waals surface area (Å²) in [7, 11) is 0. The molecule has 0 radical (unpaired) electrons. The van der Waals surface area contributed by atoms with Crippen LogP contribution in [0, 0.1) is 0 Å². The van der Waals surface area contributed by atoms with Crippen molar-refractivity contribution in [3.05, 3.63) is 156 Å².